The molecule has 1 aromatic carbocycles. The van der Waals surface area contributed by atoms with Crippen molar-refractivity contribution < 1.29 is 22.7 Å². The molecule has 0 aliphatic heterocycles. The van der Waals surface area contributed by atoms with Gasteiger partial charge in [0.1, 0.15) is 0 Å². The number of ether oxygens (including phenoxy) is 1. The fourth-order valence-electron chi connectivity index (χ4n) is 1.30. The van der Waals surface area contributed by atoms with E-state index in [0.717, 1.165) is 5.56 Å². The van der Waals surface area contributed by atoms with E-state index < -0.39 is 12.1 Å². The fraction of sp³-hybridized carbons (Fsp3) is 0.364. The lowest BCUT2D eigenvalue weighted by Crippen LogP contribution is -2.36. The first-order chi connectivity index (χ1) is 7.95. The maximum Gasteiger partial charge on any atom is 0.471 e. The summed E-state index contributed by atoms with van der Waals surface area (Å²) in [5.41, 5.74) is 1.35. The molecular formula is C11H12F3NO2. The van der Waals surface area contributed by atoms with E-state index in [4.69, 9.17) is 4.74 Å². The van der Waals surface area contributed by atoms with Crippen molar-refractivity contribution in [3.63, 3.8) is 0 Å². The Kier molecular flexibility index (Phi) is 4.51. The molecule has 6 heteroatoms. The largest absolute Gasteiger partial charge is 0.471 e. The third-order valence-electron chi connectivity index (χ3n) is 2.12. The molecule has 0 atom stereocenters. The molecule has 0 aliphatic rings. The SMILES string of the molecule is COCc1ccccc1CNC(=O)C(F)(F)F. The normalized spacial score (nSPS) is 11.3. The highest BCUT2D eigenvalue weighted by Gasteiger charge is 2.38. The first-order valence-corrected chi connectivity index (χ1v) is 4.86. The van der Waals surface area contributed by atoms with E-state index in [9.17, 15) is 18.0 Å². The monoisotopic (exact) mass is 247 g/mol. The van der Waals surface area contributed by atoms with Crippen molar-refractivity contribution >= 4 is 5.91 Å². The number of benzene rings is 1. The molecule has 0 aromatic heterocycles. The Bertz CT molecular complexity index is 391. The van der Waals surface area contributed by atoms with Crippen LogP contribution in [-0.4, -0.2) is 19.2 Å². The standard InChI is InChI=1S/C11H12F3NO2/c1-17-7-9-5-3-2-4-8(9)6-15-10(16)11(12,13)14/h2-5H,6-7H2,1H3,(H,15,16). The number of hydrogen-bond donors (Lipinski definition) is 1. The second-order valence-corrected chi connectivity index (χ2v) is 3.38. The molecule has 0 spiro atoms. The molecule has 0 bridgehead atoms. The van der Waals surface area contributed by atoms with Gasteiger partial charge in [0.05, 0.1) is 6.61 Å². The van der Waals surface area contributed by atoms with Gasteiger partial charge in [0.2, 0.25) is 0 Å². The molecule has 0 fully saturated rings. The first-order valence-electron chi connectivity index (χ1n) is 4.86. The van der Waals surface area contributed by atoms with Gasteiger partial charge in [-0.15, -0.1) is 0 Å². The smallest absolute Gasteiger partial charge is 0.380 e. The highest BCUT2D eigenvalue weighted by atomic mass is 19.4. The third-order valence-corrected chi connectivity index (χ3v) is 2.12. The van der Waals surface area contributed by atoms with Gasteiger partial charge < -0.3 is 10.1 Å². The second kappa shape index (κ2) is 5.67. The fourth-order valence-corrected chi connectivity index (χ4v) is 1.30. The molecule has 1 rings (SSSR count). The van der Waals surface area contributed by atoms with Crippen LogP contribution in [-0.2, 0) is 22.7 Å². The van der Waals surface area contributed by atoms with Crippen molar-refractivity contribution in [2.45, 2.75) is 19.3 Å². The van der Waals surface area contributed by atoms with Crippen molar-refractivity contribution in [2.75, 3.05) is 7.11 Å². The summed E-state index contributed by atoms with van der Waals surface area (Å²) in [5, 5.41) is 1.82. The van der Waals surface area contributed by atoms with E-state index in [2.05, 4.69) is 0 Å². The number of halogens is 3. The van der Waals surface area contributed by atoms with E-state index in [1.807, 2.05) is 5.32 Å². The Morgan fingerprint density at radius 1 is 1.29 bits per heavy atom. The molecule has 1 aromatic rings. The van der Waals surface area contributed by atoms with Crippen LogP contribution in [0.25, 0.3) is 0 Å². The van der Waals surface area contributed by atoms with Crippen LogP contribution in [0.3, 0.4) is 0 Å². The number of carbonyl (C=O) groups excluding carboxylic acids is 1. The van der Waals surface area contributed by atoms with E-state index in [0.29, 0.717) is 5.56 Å². The summed E-state index contributed by atoms with van der Waals surface area (Å²) < 4.78 is 40.8. The van der Waals surface area contributed by atoms with Crippen molar-refractivity contribution in [1.82, 2.24) is 5.32 Å². The van der Waals surface area contributed by atoms with Crippen molar-refractivity contribution in [1.29, 1.82) is 0 Å². The van der Waals surface area contributed by atoms with Crippen LogP contribution in [0.1, 0.15) is 11.1 Å². The zero-order chi connectivity index (χ0) is 12.9. The Morgan fingerprint density at radius 2 is 1.88 bits per heavy atom. The van der Waals surface area contributed by atoms with Crippen LogP contribution in [0, 0.1) is 0 Å². The van der Waals surface area contributed by atoms with Gasteiger partial charge in [-0.2, -0.15) is 13.2 Å². The van der Waals surface area contributed by atoms with E-state index >= 15 is 0 Å². The zero-order valence-electron chi connectivity index (χ0n) is 9.17. The van der Waals surface area contributed by atoms with Gasteiger partial charge in [0, 0.05) is 13.7 Å². The molecule has 0 unspecified atom stereocenters. The Morgan fingerprint density at radius 3 is 2.41 bits per heavy atom. The van der Waals surface area contributed by atoms with E-state index in [1.54, 1.807) is 24.3 Å². The second-order valence-electron chi connectivity index (χ2n) is 3.38. The minimum Gasteiger partial charge on any atom is -0.380 e. The first kappa shape index (κ1) is 13.5. The van der Waals surface area contributed by atoms with E-state index in [1.165, 1.54) is 7.11 Å². The van der Waals surface area contributed by atoms with Crippen LogP contribution in [0.4, 0.5) is 13.2 Å². The van der Waals surface area contributed by atoms with Crippen molar-refractivity contribution in [3.8, 4) is 0 Å². The minimum atomic E-state index is -4.85. The number of nitrogens with one attached hydrogen (secondary N) is 1. The van der Waals surface area contributed by atoms with Crippen LogP contribution in [0.5, 0.6) is 0 Å². The molecule has 0 saturated heterocycles. The van der Waals surface area contributed by atoms with Gasteiger partial charge in [0.25, 0.3) is 0 Å². The molecule has 94 valence electrons. The van der Waals surface area contributed by atoms with Gasteiger partial charge >= 0.3 is 12.1 Å². The summed E-state index contributed by atoms with van der Waals surface area (Å²) in [7, 11) is 1.49. The summed E-state index contributed by atoms with van der Waals surface area (Å²) >= 11 is 0. The van der Waals surface area contributed by atoms with Crippen LogP contribution in [0.15, 0.2) is 24.3 Å². The van der Waals surface area contributed by atoms with Crippen LogP contribution >= 0.6 is 0 Å². The van der Waals surface area contributed by atoms with Crippen LogP contribution in [0.2, 0.25) is 0 Å². The molecule has 3 nitrogen and oxygen atoms in total. The Labute approximate surface area is 96.6 Å². The molecule has 0 radical (unpaired) electrons. The van der Waals surface area contributed by atoms with Gasteiger partial charge in [-0.1, -0.05) is 24.3 Å². The maximum absolute atomic E-state index is 12.0. The van der Waals surface area contributed by atoms with Gasteiger partial charge in [-0.25, -0.2) is 0 Å². The molecule has 0 aliphatic carbocycles. The Balaban J connectivity index is 2.66. The number of rotatable bonds is 4. The molecule has 1 N–H and O–H groups in total. The predicted octanol–water partition coefficient (Wildman–Crippen LogP) is 2.01. The van der Waals surface area contributed by atoms with Crippen molar-refractivity contribution in [2.24, 2.45) is 0 Å². The van der Waals surface area contributed by atoms with Gasteiger partial charge in [-0.05, 0) is 11.1 Å². The highest BCUT2D eigenvalue weighted by molar-refractivity contribution is 5.81. The van der Waals surface area contributed by atoms with Gasteiger partial charge in [0.15, 0.2) is 0 Å². The molecule has 0 saturated carbocycles. The Hall–Kier alpha value is -1.56. The quantitative estimate of drug-likeness (QED) is 0.883. The number of carbonyl (C=O) groups is 1. The molecule has 17 heavy (non-hydrogen) atoms. The maximum atomic E-state index is 12.0. The number of amides is 1. The lowest BCUT2D eigenvalue weighted by atomic mass is 10.1. The molecule has 1 amide bonds. The zero-order valence-corrected chi connectivity index (χ0v) is 9.17. The minimum absolute atomic E-state index is 0.169. The third kappa shape index (κ3) is 4.07. The summed E-state index contributed by atoms with van der Waals surface area (Å²) in [4.78, 5) is 10.6. The summed E-state index contributed by atoms with van der Waals surface area (Å²) in [6, 6.07) is 6.82. The molecular weight excluding hydrogens is 235 g/mol. The summed E-state index contributed by atoms with van der Waals surface area (Å²) in [5.74, 6) is -1.94. The summed E-state index contributed by atoms with van der Waals surface area (Å²) in [6.45, 7) is 0.121. The van der Waals surface area contributed by atoms with Gasteiger partial charge in [-0.3, -0.25) is 4.79 Å². The predicted molar refractivity (Wildman–Crippen MR) is 55.1 cm³/mol. The summed E-state index contributed by atoms with van der Waals surface area (Å²) in [6.07, 6.45) is -4.85. The number of methoxy groups -OCH3 is 1. The van der Waals surface area contributed by atoms with Crippen LogP contribution < -0.4 is 5.32 Å². The van der Waals surface area contributed by atoms with E-state index in [-0.39, 0.29) is 13.2 Å². The lowest BCUT2D eigenvalue weighted by Gasteiger charge is -2.11. The number of alkyl halides is 3. The van der Waals surface area contributed by atoms with Crippen molar-refractivity contribution in [3.05, 3.63) is 35.4 Å². The average Bonchev–Trinajstić information content (AvgIpc) is 2.26. The number of hydrogen-bond acceptors (Lipinski definition) is 2. The topological polar surface area (TPSA) is 38.3 Å². The lowest BCUT2D eigenvalue weighted by molar-refractivity contribution is -0.173. The molecule has 0 heterocycles. The average molecular weight is 247 g/mol. The highest BCUT2D eigenvalue weighted by Crippen LogP contribution is 2.15.